The Hall–Kier alpha value is -2.40. The Kier molecular flexibility index (Phi) is 5.49. The predicted octanol–water partition coefficient (Wildman–Crippen LogP) is 4.11. The van der Waals surface area contributed by atoms with Crippen LogP contribution in [0.5, 0.6) is 11.5 Å². The third-order valence-corrected chi connectivity index (χ3v) is 3.29. The van der Waals surface area contributed by atoms with E-state index in [2.05, 4.69) is 5.32 Å². The number of anilines is 1. The van der Waals surface area contributed by atoms with Crippen molar-refractivity contribution in [1.82, 2.24) is 0 Å². The molecule has 0 atom stereocenters. The number of methoxy groups -OCH3 is 2. The van der Waals surface area contributed by atoms with E-state index >= 15 is 0 Å². The molecule has 2 aromatic rings. The highest BCUT2D eigenvalue weighted by atomic mass is 35.5. The first kappa shape index (κ1) is 16.0. The summed E-state index contributed by atoms with van der Waals surface area (Å²) < 4.78 is 15.6. The van der Waals surface area contributed by atoms with Gasteiger partial charge in [-0.25, -0.2) is 4.79 Å². The van der Waals surface area contributed by atoms with E-state index in [1.807, 2.05) is 0 Å². The minimum absolute atomic E-state index is 0.0522. The number of ether oxygens (including phenoxy) is 3. The fourth-order valence-corrected chi connectivity index (χ4v) is 2.03. The van der Waals surface area contributed by atoms with Crippen molar-refractivity contribution in [3.8, 4) is 11.5 Å². The summed E-state index contributed by atoms with van der Waals surface area (Å²) in [5.41, 5.74) is 1.20. The average molecular weight is 322 g/mol. The van der Waals surface area contributed by atoms with E-state index in [4.69, 9.17) is 25.8 Å². The second kappa shape index (κ2) is 7.56. The van der Waals surface area contributed by atoms with E-state index in [1.54, 1.807) is 56.7 Å². The fraction of sp³-hybridized carbons (Fsp3) is 0.188. The highest BCUT2D eigenvalue weighted by molar-refractivity contribution is 6.33. The zero-order valence-corrected chi connectivity index (χ0v) is 13.0. The molecule has 0 radical (unpaired) electrons. The largest absolute Gasteiger partial charge is 0.497 e. The standard InChI is InChI=1S/C16H16ClNO4/c1-20-12-7-8-15(21-2)11(9-12)10-22-16(19)18-14-6-4-3-5-13(14)17/h3-9H,10H2,1-2H3,(H,18,19). The molecule has 0 aliphatic rings. The number of halogens is 1. The van der Waals surface area contributed by atoms with Crippen LogP contribution in [0.25, 0.3) is 0 Å². The Balaban J connectivity index is 2.00. The number of nitrogens with one attached hydrogen (secondary N) is 1. The molecule has 6 heteroatoms. The fourth-order valence-electron chi connectivity index (χ4n) is 1.85. The van der Waals surface area contributed by atoms with Crippen LogP contribution in [0.15, 0.2) is 42.5 Å². The minimum atomic E-state index is -0.599. The van der Waals surface area contributed by atoms with Crippen LogP contribution in [0.3, 0.4) is 0 Å². The molecule has 116 valence electrons. The van der Waals surface area contributed by atoms with Gasteiger partial charge in [0.05, 0.1) is 24.9 Å². The van der Waals surface area contributed by atoms with E-state index in [-0.39, 0.29) is 6.61 Å². The molecule has 0 aromatic heterocycles. The molecule has 0 aliphatic carbocycles. The van der Waals surface area contributed by atoms with Gasteiger partial charge in [-0.15, -0.1) is 0 Å². The molecule has 5 nitrogen and oxygen atoms in total. The highest BCUT2D eigenvalue weighted by Crippen LogP contribution is 2.25. The molecule has 1 amide bonds. The summed E-state index contributed by atoms with van der Waals surface area (Å²) in [6.45, 7) is 0.0522. The molecule has 0 unspecified atom stereocenters. The highest BCUT2D eigenvalue weighted by Gasteiger charge is 2.10. The summed E-state index contributed by atoms with van der Waals surface area (Å²) >= 11 is 5.97. The van der Waals surface area contributed by atoms with Crippen molar-refractivity contribution in [2.24, 2.45) is 0 Å². The number of para-hydroxylation sites is 1. The second-order valence-electron chi connectivity index (χ2n) is 4.36. The molecule has 0 bridgehead atoms. The van der Waals surface area contributed by atoms with Gasteiger partial charge in [-0.3, -0.25) is 5.32 Å². The van der Waals surface area contributed by atoms with Crippen molar-refractivity contribution in [2.75, 3.05) is 19.5 Å². The topological polar surface area (TPSA) is 56.8 Å². The quantitative estimate of drug-likeness (QED) is 0.900. The van der Waals surface area contributed by atoms with Crippen molar-refractivity contribution in [2.45, 2.75) is 6.61 Å². The lowest BCUT2D eigenvalue weighted by Crippen LogP contribution is -2.14. The molecule has 22 heavy (non-hydrogen) atoms. The first-order valence-electron chi connectivity index (χ1n) is 6.53. The smallest absolute Gasteiger partial charge is 0.412 e. The first-order chi connectivity index (χ1) is 10.6. The zero-order valence-electron chi connectivity index (χ0n) is 12.3. The van der Waals surface area contributed by atoms with Crippen molar-refractivity contribution in [3.63, 3.8) is 0 Å². The molecule has 0 saturated heterocycles. The Labute approximate surface area is 133 Å². The molecule has 0 heterocycles. The van der Waals surface area contributed by atoms with Crippen LogP contribution in [0.1, 0.15) is 5.56 Å². The average Bonchev–Trinajstić information content (AvgIpc) is 2.54. The summed E-state index contributed by atoms with van der Waals surface area (Å²) in [5.74, 6) is 1.28. The van der Waals surface area contributed by atoms with Gasteiger partial charge in [0, 0.05) is 5.56 Å². The van der Waals surface area contributed by atoms with Gasteiger partial charge >= 0.3 is 6.09 Å². The summed E-state index contributed by atoms with van der Waals surface area (Å²) in [7, 11) is 3.12. The SMILES string of the molecule is COc1ccc(OC)c(COC(=O)Nc2ccccc2Cl)c1. The number of benzene rings is 2. The van der Waals surface area contributed by atoms with E-state index in [0.29, 0.717) is 27.8 Å². The number of hydrogen-bond acceptors (Lipinski definition) is 4. The number of hydrogen-bond donors (Lipinski definition) is 1. The Bertz CT molecular complexity index is 660. The summed E-state index contributed by atoms with van der Waals surface area (Å²) in [4.78, 5) is 11.8. The Morgan fingerprint density at radius 1 is 1.14 bits per heavy atom. The normalized spacial score (nSPS) is 9.95. The lowest BCUT2D eigenvalue weighted by molar-refractivity contribution is 0.154. The second-order valence-corrected chi connectivity index (χ2v) is 4.77. The van der Waals surface area contributed by atoms with Crippen LogP contribution in [-0.2, 0) is 11.3 Å². The summed E-state index contributed by atoms with van der Waals surface area (Å²) in [6.07, 6.45) is -0.599. The minimum Gasteiger partial charge on any atom is -0.497 e. The molecule has 2 rings (SSSR count). The summed E-state index contributed by atoms with van der Waals surface area (Å²) in [5, 5.41) is 3.02. The Morgan fingerprint density at radius 2 is 1.91 bits per heavy atom. The predicted molar refractivity (Wildman–Crippen MR) is 84.8 cm³/mol. The van der Waals surface area contributed by atoms with Gasteiger partial charge in [-0.1, -0.05) is 23.7 Å². The number of rotatable bonds is 5. The number of carbonyl (C=O) groups excluding carboxylic acids is 1. The number of amides is 1. The van der Waals surface area contributed by atoms with Crippen molar-refractivity contribution in [3.05, 3.63) is 53.1 Å². The van der Waals surface area contributed by atoms with Crippen molar-refractivity contribution < 1.29 is 19.0 Å². The maximum atomic E-state index is 11.8. The molecular formula is C16H16ClNO4. The van der Waals surface area contributed by atoms with Gasteiger partial charge < -0.3 is 14.2 Å². The molecule has 0 aliphatic heterocycles. The van der Waals surface area contributed by atoms with Gasteiger partial charge in [0.25, 0.3) is 0 Å². The van der Waals surface area contributed by atoms with E-state index in [0.717, 1.165) is 0 Å². The van der Waals surface area contributed by atoms with Crippen LogP contribution in [0.2, 0.25) is 5.02 Å². The molecule has 1 N–H and O–H groups in total. The zero-order chi connectivity index (χ0) is 15.9. The monoisotopic (exact) mass is 321 g/mol. The van der Waals surface area contributed by atoms with Crippen LogP contribution in [0.4, 0.5) is 10.5 Å². The molecular weight excluding hydrogens is 306 g/mol. The third kappa shape index (κ3) is 4.05. The van der Waals surface area contributed by atoms with E-state index in [9.17, 15) is 4.79 Å². The molecule has 0 fully saturated rings. The van der Waals surface area contributed by atoms with Crippen LogP contribution in [-0.4, -0.2) is 20.3 Å². The maximum absolute atomic E-state index is 11.8. The maximum Gasteiger partial charge on any atom is 0.412 e. The van der Waals surface area contributed by atoms with Crippen LogP contribution in [0, 0.1) is 0 Å². The number of carbonyl (C=O) groups is 1. The Morgan fingerprint density at radius 3 is 2.59 bits per heavy atom. The van der Waals surface area contributed by atoms with E-state index < -0.39 is 6.09 Å². The van der Waals surface area contributed by atoms with Crippen LogP contribution < -0.4 is 14.8 Å². The van der Waals surface area contributed by atoms with Gasteiger partial charge in [0.1, 0.15) is 18.1 Å². The van der Waals surface area contributed by atoms with Crippen molar-refractivity contribution >= 4 is 23.4 Å². The first-order valence-corrected chi connectivity index (χ1v) is 6.91. The third-order valence-electron chi connectivity index (χ3n) is 2.96. The van der Waals surface area contributed by atoms with Crippen LogP contribution >= 0.6 is 11.6 Å². The molecule has 2 aromatic carbocycles. The molecule has 0 spiro atoms. The lowest BCUT2D eigenvalue weighted by atomic mass is 10.2. The van der Waals surface area contributed by atoms with Gasteiger partial charge in [-0.2, -0.15) is 0 Å². The van der Waals surface area contributed by atoms with Gasteiger partial charge in [0.15, 0.2) is 0 Å². The lowest BCUT2D eigenvalue weighted by Gasteiger charge is -2.12. The van der Waals surface area contributed by atoms with Gasteiger partial charge in [-0.05, 0) is 30.3 Å². The van der Waals surface area contributed by atoms with Gasteiger partial charge in [0.2, 0.25) is 0 Å². The van der Waals surface area contributed by atoms with Crippen molar-refractivity contribution in [1.29, 1.82) is 0 Å². The molecule has 0 saturated carbocycles. The summed E-state index contributed by atoms with van der Waals surface area (Å²) in [6, 6.07) is 12.2. The van der Waals surface area contributed by atoms with E-state index in [1.165, 1.54) is 0 Å².